The molecule has 0 aliphatic heterocycles. The number of hydrogen-bond acceptors (Lipinski definition) is 5. The van der Waals surface area contributed by atoms with Crippen LogP contribution < -0.4 is 15.6 Å². The maximum absolute atomic E-state index is 6.01. The van der Waals surface area contributed by atoms with Crippen molar-refractivity contribution < 1.29 is 4.74 Å². The number of ether oxygens (including phenoxy) is 1. The standard InChI is InChI=1S/C22H21N3OS/c1-15-7-5-10-19(25(2)23)17(15)14-26-22-12-6-9-18(24-22)21-13-16-8-3-4-11-20(16)27-21/h3-13H,14,23H2,1-2H3. The lowest BCUT2D eigenvalue weighted by Crippen LogP contribution is -2.26. The van der Waals surface area contributed by atoms with E-state index in [9.17, 15) is 0 Å². The summed E-state index contributed by atoms with van der Waals surface area (Å²) in [7, 11) is 1.83. The molecule has 0 fully saturated rings. The molecule has 0 amide bonds. The lowest BCUT2D eigenvalue weighted by molar-refractivity contribution is 0.294. The topological polar surface area (TPSA) is 51.4 Å². The van der Waals surface area contributed by atoms with E-state index in [0.29, 0.717) is 12.5 Å². The van der Waals surface area contributed by atoms with Gasteiger partial charge in [-0.15, -0.1) is 11.3 Å². The van der Waals surface area contributed by atoms with Crippen molar-refractivity contribution in [3.8, 4) is 16.5 Å². The van der Waals surface area contributed by atoms with Crippen molar-refractivity contribution in [2.75, 3.05) is 12.1 Å². The number of thiophene rings is 1. The van der Waals surface area contributed by atoms with Gasteiger partial charge in [-0.3, -0.25) is 0 Å². The lowest BCUT2D eigenvalue weighted by Gasteiger charge is -2.19. The predicted molar refractivity (Wildman–Crippen MR) is 113 cm³/mol. The van der Waals surface area contributed by atoms with Crippen LogP contribution in [0.15, 0.2) is 66.7 Å². The number of fused-ring (bicyclic) bond motifs is 1. The van der Waals surface area contributed by atoms with E-state index in [1.54, 1.807) is 16.3 Å². The monoisotopic (exact) mass is 375 g/mol. The Morgan fingerprint density at radius 2 is 1.85 bits per heavy atom. The molecule has 0 spiro atoms. The van der Waals surface area contributed by atoms with E-state index in [-0.39, 0.29) is 0 Å². The minimum atomic E-state index is 0.423. The number of hydrogen-bond donors (Lipinski definition) is 1. The van der Waals surface area contributed by atoms with E-state index >= 15 is 0 Å². The van der Waals surface area contributed by atoms with Crippen LogP contribution in [0.1, 0.15) is 11.1 Å². The number of pyridine rings is 1. The second-order valence-electron chi connectivity index (χ2n) is 6.48. The van der Waals surface area contributed by atoms with Gasteiger partial charge in [-0.05, 0) is 42.1 Å². The van der Waals surface area contributed by atoms with Gasteiger partial charge in [0.05, 0.1) is 16.3 Å². The first-order chi connectivity index (χ1) is 13.1. The molecule has 0 saturated heterocycles. The van der Waals surface area contributed by atoms with Gasteiger partial charge in [0.15, 0.2) is 0 Å². The van der Waals surface area contributed by atoms with Gasteiger partial charge in [-0.1, -0.05) is 36.4 Å². The fourth-order valence-corrected chi connectivity index (χ4v) is 4.12. The van der Waals surface area contributed by atoms with Gasteiger partial charge >= 0.3 is 0 Å². The zero-order chi connectivity index (χ0) is 18.8. The Morgan fingerprint density at radius 3 is 2.67 bits per heavy atom. The van der Waals surface area contributed by atoms with Gasteiger partial charge in [0.25, 0.3) is 0 Å². The summed E-state index contributed by atoms with van der Waals surface area (Å²) in [6.45, 7) is 2.49. The van der Waals surface area contributed by atoms with E-state index < -0.39 is 0 Å². The van der Waals surface area contributed by atoms with Gasteiger partial charge in [0.2, 0.25) is 5.88 Å². The molecule has 0 aliphatic rings. The van der Waals surface area contributed by atoms with Crippen LogP contribution in [-0.4, -0.2) is 12.0 Å². The minimum Gasteiger partial charge on any atom is -0.473 e. The highest BCUT2D eigenvalue weighted by Gasteiger charge is 2.10. The SMILES string of the molecule is Cc1cccc(N(C)N)c1COc1cccc(-c2cc3ccccc3s2)n1. The first kappa shape index (κ1) is 17.5. The summed E-state index contributed by atoms with van der Waals surface area (Å²) in [5.74, 6) is 6.56. The molecule has 4 aromatic rings. The first-order valence-corrected chi connectivity index (χ1v) is 9.59. The Balaban J connectivity index is 1.59. The summed E-state index contributed by atoms with van der Waals surface area (Å²) in [5.41, 5.74) is 4.09. The zero-order valence-corrected chi connectivity index (χ0v) is 16.2. The van der Waals surface area contributed by atoms with E-state index in [1.165, 1.54) is 10.1 Å². The van der Waals surface area contributed by atoms with Crippen LogP contribution in [-0.2, 0) is 6.61 Å². The summed E-state index contributed by atoms with van der Waals surface area (Å²) < 4.78 is 7.27. The Kier molecular flexibility index (Phi) is 4.79. The maximum Gasteiger partial charge on any atom is 0.214 e. The van der Waals surface area contributed by atoms with Crippen LogP contribution in [0.5, 0.6) is 5.88 Å². The molecule has 4 rings (SSSR count). The van der Waals surface area contributed by atoms with Crippen molar-refractivity contribution in [2.45, 2.75) is 13.5 Å². The van der Waals surface area contributed by atoms with Gasteiger partial charge in [0.1, 0.15) is 6.61 Å². The summed E-state index contributed by atoms with van der Waals surface area (Å²) >= 11 is 1.74. The molecule has 2 aromatic carbocycles. The molecule has 27 heavy (non-hydrogen) atoms. The van der Waals surface area contributed by atoms with Crippen molar-refractivity contribution in [1.29, 1.82) is 0 Å². The Labute approximate surface area is 162 Å². The van der Waals surface area contributed by atoms with Crippen LogP contribution in [0, 0.1) is 6.92 Å². The van der Waals surface area contributed by atoms with Crippen LogP contribution in [0.2, 0.25) is 0 Å². The van der Waals surface area contributed by atoms with E-state index in [2.05, 4.69) is 43.3 Å². The minimum absolute atomic E-state index is 0.423. The molecular weight excluding hydrogens is 354 g/mol. The Morgan fingerprint density at radius 1 is 1.04 bits per heavy atom. The number of rotatable bonds is 5. The maximum atomic E-state index is 6.01. The van der Waals surface area contributed by atoms with Crippen molar-refractivity contribution in [1.82, 2.24) is 4.98 Å². The normalized spacial score (nSPS) is 10.9. The average Bonchev–Trinajstić information content (AvgIpc) is 3.11. The second-order valence-corrected chi connectivity index (χ2v) is 7.57. The van der Waals surface area contributed by atoms with E-state index in [0.717, 1.165) is 27.4 Å². The zero-order valence-electron chi connectivity index (χ0n) is 15.3. The fourth-order valence-electron chi connectivity index (χ4n) is 3.09. The molecule has 0 radical (unpaired) electrons. The number of nitrogens with two attached hydrogens (primary N) is 1. The van der Waals surface area contributed by atoms with Gasteiger partial charge < -0.3 is 9.75 Å². The number of hydrazine groups is 1. The molecule has 0 atom stereocenters. The van der Waals surface area contributed by atoms with Crippen LogP contribution >= 0.6 is 11.3 Å². The van der Waals surface area contributed by atoms with Crippen molar-refractivity contribution in [3.63, 3.8) is 0 Å². The van der Waals surface area contributed by atoms with Gasteiger partial charge in [-0.25, -0.2) is 10.8 Å². The molecule has 2 aromatic heterocycles. The third-order valence-electron chi connectivity index (χ3n) is 4.53. The number of aromatic nitrogens is 1. The molecule has 2 N–H and O–H groups in total. The number of anilines is 1. The summed E-state index contributed by atoms with van der Waals surface area (Å²) in [6, 6.07) is 22.5. The van der Waals surface area contributed by atoms with Crippen LogP contribution in [0.25, 0.3) is 20.7 Å². The van der Waals surface area contributed by atoms with Crippen molar-refractivity contribution in [3.05, 3.63) is 77.9 Å². The van der Waals surface area contributed by atoms with Crippen LogP contribution in [0.3, 0.4) is 0 Å². The van der Waals surface area contributed by atoms with Crippen molar-refractivity contribution in [2.24, 2.45) is 5.84 Å². The highest BCUT2D eigenvalue weighted by molar-refractivity contribution is 7.22. The Hall–Kier alpha value is -2.89. The number of nitrogens with zero attached hydrogens (tertiary/aromatic N) is 2. The molecule has 5 heteroatoms. The highest BCUT2D eigenvalue weighted by Crippen LogP contribution is 2.33. The van der Waals surface area contributed by atoms with E-state index in [1.807, 2.05) is 37.4 Å². The largest absolute Gasteiger partial charge is 0.473 e. The van der Waals surface area contributed by atoms with Crippen molar-refractivity contribution >= 4 is 27.1 Å². The first-order valence-electron chi connectivity index (χ1n) is 8.77. The quantitative estimate of drug-likeness (QED) is 0.387. The summed E-state index contributed by atoms with van der Waals surface area (Å²) in [5, 5.41) is 2.85. The molecule has 0 unspecified atom stereocenters. The second kappa shape index (κ2) is 7.39. The molecule has 2 heterocycles. The number of benzene rings is 2. The van der Waals surface area contributed by atoms with E-state index in [4.69, 9.17) is 15.6 Å². The van der Waals surface area contributed by atoms with Gasteiger partial charge in [-0.2, -0.15) is 0 Å². The summed E-state index contributed by atoms with van der Waals surface area (Å²) in [6.07, 6.45) is 0. The number of aryl methyl sites for hydroxylation is 1. The molecule has 0 aliphatic carbocycles. The third-order valence-corrected chi connectivity index (χ3v) is 5.67. The fraction of sp³-hybridized carbons (Fsp3) is 0.136. The van der Waals surface area contributed by atoms with Gasteiger partial charge in [0, 0.05) is 23.4 Å². The Bertz CT molecular complexity index is 1050. The average molecular weight is 375 g/mol. The molecule has 136 valence electrons. The summed E-state index contributed by atoms with van der Waals surface area (Å²) in [4.78, 5) is 5.84. The molecule has 0 saturated carbocycles. The van der Waals surface area contributed by atoms with Crippen LogP contribution in [0.4, 0.5) is 5.69 Å². The smallest absolute Gasteiger partial charge is 0.214 e. The third kappa shape index (κ3) is 3.65. The lowest BCUT2D eigenvalue weighted by atomic mass is 10.1. The highest BCUT2D eigenvalue weighted by atomic mass is 32.1. The predicted octanol–water partition coefficient (Wildman–Crippen LogP) is 5.16. The molecule has 4 nitrogen and oxygen atoms in total. The molecular formula is C22H21N3OS. The molecule has 0 bridgehead atoms.